The summed E-state index contributed by atoms with van der Waals surface area (Å²) in [7, 11) is 0. The molecule has 0 amide bonds. The van der Waals surface area contributed by atoms with Crippen molar-refractivity contribution in [2.75, 3.05) is 0 Å². The molecule has 0 atom stereocenters. The van der Waals surface area contributed by atoms with Gasteiger partial charge in [0.1, 0.15) is 0 Å². The summed E-state index contributed by atoms with van der Waals surface area (Å²) in [4.78, 5) is 4.31. The van der Waals surface area contributed by atoms with E-state index in [0.29, 0.717) is 0 Å². The molecule has 0 saturated carbocycles. The van der Waals surface area contributed by atoms with Crippen LogP contribution >= 0.6 is 0 Å². The van der Waals surface area contributed by atoms with Gasteiger partial charge < -0.3 is 0 Å². The van der Waals surface area contributed by atoms with Gasteiger partial charge in [-0.3, -0.25) is 4.98 Å². The van der Waals surface area contributed by atoms with Crippen molar-refractivity contribution in [3.8, 4) is 0 Å². The van der Waals surface area contributed by atoms with Crippen molar-refractivity contribution >= 4 is 6.08 Å². The summed E-state index contributed by atoms with van der Waals surface area (Å²) in [6.45, 7) is 42.0. The molecule has 0 spiro atoms. The minimum Gasteiger partial charge on any atom is -0.261 e. The molecule has 0 N–H and O–H groups in total. The summed E-state index contributed by atoms with van der Waals surface area (Å²) in [5, 5.41) is 0. The zero-order valence-corrected chi connectivity index (χ0v) is 26.7. The summed E-state index contributed by atoms with van der Waals surface area (Å²) < 4.78 is 0. The van der Waals surface area contributed by atoms with Gasteiger partial charge in [-0.15, -0.1) is 13.2 Å². The number of nitrogens with zero attached hydrogens (tertiary/aromatic N) is 1. The Hall–Kier alpha value is -2.15. The highest BCUT2D eigenvalue weighted by Gasteiger charge is 2.01. The highest BCUT2D eigenvalue weighted by molar-refractivity contribution is 5.59. The Morgan fingerprint density at radius 2 is 1.29 bits per heavy atom. The number of aryl methyl sites for hydroxylation is 2. The van der Waals surface area contributed by atoms with Gasteiger partial charge in [-0.1, -0.05) is 98.1 Å². The lowest BCUT2D eigenvalue weighted by Gasteiger charge is -2.10. The van der Waals surface area contributed by atoms with Gasteiger partial charge in [-0.25, -0.2) is 0 Å². The van der Waals surface area contributed by atoms with Crippen LogP contribution in [0.15, 0.2) is 66.4 Å². The summed E-state index contributed by atoms with van der Waals surface area (Å²) in [6, 6.07) is 2.10. The van der Waals surface area contributed by atoms with Crippen LogP contribution in [0.2, 0.25) is 0 Å². The lowest BCUT2D eigenvalue weighted by atomic mass is 9.96. The molecule has 0 fully saturated rings. The van der Waals surface area contributed by atoms with E-state index < -0.39 is 0 Å². The van der Waals surface area contributed by atoms with Crippen molar-refractivity contribution < 1.29 is 0 Å². The number of aromatic nitrogens is 1. The predicted molar refractivity (Wildman–Crippen MR) is 169 cm³/mol. The fraction of sp³-hybridized carbons (Fsp3) is 0.559. The molecule has 0 aromatic carbocycles. The topological polar surface area (TPSA) is 12.9 Å². The zero-order valence-electron chi connectivity index (χ0n) is 26.7. The van der Waals surface area contributed by atoms with Gasteiger partial charge in [-0.2, -0.15) is 0 Å². The molecule has 0 aliphatic heterocycles. The maximum Gasteiger partial charge on any atom is 0.0375 e. The Bertz CT molecular complexity index is 693. The molecule has 1 heterocycles. The molecule has 0 aliphatic carbocycles. The van der Waals surface area contributed by atoms with E-state index in [0.717, 1.165) is 11.6 Å². The molecule has 1 aromatic rings. The van der Waals surface area contributed by atoms with Crippen LogP contribution in [-0.2, 0) is 0 Å². The minimum atomic E-state index is 0.877. The van der Waals surface area contributed by atoms with Crippen molar-refractivity contribution in [2.45, 2.75) is 123 Å². The Labute approximate surface area is 223 Å². The molecule has 0 unspecified atom stereocenters. The molecular weight excluding hydrogens is 422 g/mol. The smallest absolute Gasteiger partial charge is 0.0375 e. The van der Waals surface area contributed by atoms with Crippen LogP contribution < -0.4 is 0 Å². The van der Waals surface area contributed by atoms with Gasteiger partial charge in [0.2, 0.25) is 0 Å². The fourth-order valence-corrected chi connectivity index (χ4v) is 2.58. The van der Waals surface area contributed by atoms with Gasteiger partial charge in [0.05, 0.1) is 0 Å². The third-order valence-electron chi connectivity index (χ3n) is 4.44. The highest BCUT2D eigenvalue weighted by atomic mass is 14.7. The number of hydrogen-bond donors (Lipinski definition) is 0. The van der Waals surface area contributed by atoms with Crippen LogP contribution in [0.5, 0.6) is 0 Å². The Morgan fingerprint density at radius 1 is 0.857 bits per heavy atom. The summed E-state index contributed by atoms with van der Waals surface area (Å²) >= 11 is 0. The van der Waals surface area contributed by atoms with Crippen LogP contribution in [0, 0.1) is 19.8 Å². The number of pyridine rings is 1. The molecule has 0 aliphatic rings. The van der Waals surface area contributed by atoms with Crippen LogP contribution in [0.4, 0.5) is 0 Å². The van der Waals surface area contributed by atoms with E-state index in [1.54, 1.807) is 0 Å². The summed E-state index contributed by atoms with van der Waals surface area (Å²) in [5.41, 5.74) is 8.47. The molecule has 204 valence electrons. The van der Waals surface area contributed by atoms with Gasteiger partial charge in [0.15, 0.2) is 0 Å². The first kappa shape index (κ1) is 43.0. The fourth-order valence-electron chi connectivity index (χ4n) is 2.58. The van der Waals surface area contributed by atoms with Crippen molar-refractivity contribution in [2.24, 2.45) is 5.92 Å². The monoisotopic (exact) mass is 485 g/mol. The Kier molecular flexibility index (Phi) is 39.1. The van der Waals surface area contributed by atoms with Crippen molar-refractivity contribution in [1.82, 2.24) is 4.98 Å². The van der Waals surface area contributed by atoms with E-state index in [9.17, 15) is 0 Å². The molecule has 1 heteroatoms. The van der Waals surface area contributed by atoms with Crippen LogP contribution in [-0.4, -0.2) is 4.98 Å². The molecular formula is C34H63N. The molecule has 1 nitrogen and oxygen atoms in total. The Morgan fingerprint density at radius 3 is 1.57 bits per heavy atom. The van der Waals surface area contributed by atoms with Gasteiger partial charge in [0.25, 0.3) is 0 Å². The van der Waals surface area contributed by atoms with Gasteiger partial charge >= 0.3 is 0 Å². The highest BCUT2D eigenvalue weighted by Crippen LogP contribution is 2.17. The standard InChI is InChI=1S/C15H19N.C9H18.C4H8.3C2H6/c1-6-7-11(2)12(3)9-15-10-16-14(5)8-13(15)4;1-5-9(6-2)7-8(3)4;1-4(2)3;3*1-2/h6-10H,1H2,2-5H3;9H,3,5-7H2,1-2,4H3;1H2,2-3H3;3*1-2H3/b11-7+,12-9+;;;;;. The first-order valence-electron chi connectivity index (χ1n) is 13.7. The molecule has 1 aromatic heterocycles. The van der Waals surface area contributed by atoms with Gasteiger partial charge in [0, 0.05) is 11.9 Å². The summed E-state index contributed by atoms with van der Waals surface area (Å²) in [6.07, 6.45) is 11.7. The molecule has 0 saturated heterocycles. The lowest BCUT2D eigenvalue weighted by Crippen LogP contribution is -1.95. The van der Waals surface area contributed by atoms with E-state index >= 15 is 0 Å². The zero-order chi connectivity index (χ0) is 29.0. The van der Waals surface area contributed by atoms with Crippen molar-refractivity contribution in [3.63, 3.8) is 0 Å². The van der Waals surface area contributed by atoms with E-state index in [4.69, 9.17) is 0 Å². The second-order valence-electron chi connectivity index (χ2n) is 8.15. The first-order valence-corrected chi connectivity index (χ1v) is 13.7. The van der Waals surface area contributed by atoms with Crippen LogP contribution in [0.1, 0.15) is 126 Å². The number of allylic oxidation sites excluding steroid dienone is 6. The first-order chi connectivity index (χ1) is 16.5. The predicted octanol–water partition coefficient (Wildman–Crippen LogP) is 12.3. The second-order valence-corrected chi connectivity index (χ2v) is 8.15. The number of hydrogen-bond acceptors (Lipinski definition) is 1. The third-order valence-corrected chi connectivity index (χ3v) is 4.44. The maximum absolute atomic E-state index is 4.31. The Balaban J connectivity index is -0.000000134. The molecule has 35 heavy (non-hydrogen) atoms. The number of rotatable bonds is 7. The van der Waals surface area contributed by atoms with Crippen molar-refractivity contribution in [3.05, 3.63) is 83.3 Å². The maximum atomic E-state index is 4.31. The van der Waals surface area contributed by atoms with Crippen LogP contribution in [0.25, 0.3) is 6.08 Å². The van der Waals surface area contributed by atoms with Crippen LogP contribution in [0.3, 0.4) is 0 Å². The van der Waals surface area contributed by atoms with E-state index in [-0.39, 0.29) is 0 Å². The van der Waals surface area contributed by atoms with Gasteiger partial charge in [-0.05, 0) is 95.2 Å². The normalized spacial score (nSPS) is 9.71. The average Bonchev–Trinajstić information content (AvgIpc) is 2.83. The summed E-state index contributed by atoms with van der Waals surface area (Å²) in [5.74, 6) is 0.877. The minimum absolute atomic E-state index is 0.877. The van der Waals surface area contributed by atoms with E-state index in [1.807, 2.05) is 80.7 Å². The molecule has 0 bridgehead atoms. The average molecular weight is 486 g/mol. The third kappa shape index (κ3) is 31.9. The van der Waals surface area contributed by atoms with Crippen molar-refractivity contribution in [1.29, 1.82) is 0 Å². The SMILES string of the molecule is C=C(C)C.C=C(C)CC(CC)CC.C=C/C=C(C)/C(C)=C/c1cnc(C)cc1C.CC.CC.CC. The lowest BCUT2D eigenvalue weighted by molar-refractivity contribution is 0.489. The quantitative estimate of drug-likeness (QED) is 0.276. The second kappa shape index (κ2) is 31.9. The van der Waals surface area contributed by atoms with E-state index in [1.165, 1.54) is 52.7 Å². The van der Waals surface area contributed by atoms with E-state index in [2.05, 4.69) is 78.4 Å². The molecule has 1 rings (SSSR count). The molecule has 0 radical (unpaired) electrons. The largest absolute Gasteiger partial charge is 0.261 e.